The van der Waals surface area contributed by atoms with E-state index in [1.807, 2.05) is 0 Å². The summed E-state index contributed by atoms with van der Waals surface area (Å²) in [5.41, 5.74) is 9.26. The van der Waals surface area contributed by atoms with E-state index in [1.54, 1.807) is 0 Å². The Morgan fingerprint density at radius 3 is 1.45 bits per heavy atom. The molecule has 15 rings (SSSR count). The van der Waals surface area contributed by atoms with Gasteiger partial charge in [-0.25, -0.2) is 15.0 Å². The molecule has 4 nitrogen and oxygen atoms in total. The molecule has 0 aliphatic heterocycles. The van der Waals surface area contributed by atoms with Crippen molar-refractivity contribution in [2.24, 2.45) is 35.5 Å². The van der Waals surface area contributed by atoms with Gasteiger partial charge in [0.25, 0.3) is 0 Å². The number of fused-ring (bicyclic) bond motifs is 6. The monoisotopic (exact) mass is 1000 g/mol. The fraction of sp³-hybridized carbons (Fsp3) is 0.282. The Labute approximate surface area is 449 Å². The van der Waals surface area contributed by atoms with Crippen LogP contribution in [-0.4, -0.2) is 27.6 Å². The fourth-order valence-electron chi connectivity index (χ4n) is 16.8. The second-order valence-electron chi connectivity index (χ2n) is 24.6. The quantitative estimate of drug-likeness (QED) is 0.101. The molecule has 5 heteroatoms. The summed E-state index contributed by atoms with van der Waals surface area (Å²) in [4.78, 5) is 17.9. The molecule has 0 amide bonds. The Balaban J connectivity index is 1.04. The molecule has 2 heterocycles. The summed E-state index contributed by atoms with van der Waals surface area (Å²) in [6.45, 7) is 5.03. The average Bonchev–Trinajstić information content (AvgIpc) is 4.36. The van der Waals surface area contributed by atoms with Gasteiger partial charge < -0.3 is 4.57 Å². The Kier molecular flexibility index (Phi) is 10.9. The number of hydrogen-bond donors (Lipinski definition) is 0. The van der Waals surface area contributed by atoms with Crippen molar-refractivity contribution in [3.8, 4) is 39.3 Å². The number of benzene rings is 8. The van der Waals surface area contributed by atoms with Gasteiger partial charge in [-0.15, -0.1) is 0 Å². The highest BCUT2D eigenvalue weighted by Crippen LogP contribution is 2.65. The maximum absolute atomic E-state index is 6.04. The van der Waals surface area contributed by atoms with E-state index in [0.717, 1.165) is 77.1 Å². The Morgan fingerprint density at radius 2 is 0.934 bits per heavy atom. The van der Waals surface area contributed by atoms with Gasteiger partial charge in [-0.3, -0.25) is 0 Å². The molecule has 5 saturated carbocycles. The Bertz CT molecular complexity index is 3580. The zero-order valence-corrected chi connectivity index (χ0v) is 45.0. The molecule has 76 heavy (non-hydrogen) atoms. The third-order valence-corrected chi connectivity index (χ3v) is 24.6. The summed E-state index contributed by atoms with van der Waals surface area (Å²) in [6, 6.07) is 77.6. The van der Waals surface area contributed by atoms with E-state index < -0.39 is 8.07 Å². The van der Waals surface area contributed by atoms with Gasteiger partial charge in [-0.1, -0.05) is 197 Å². The van der Waals surface area contributed by atoms with Crippen LogP contribution in [0.2, 0.25) is 0 Å². The molecule has 8 atom stereocenters. The maximum atomic E-state index is 6.04. The normalized spacial score (nSPS) is 25.6. The molecular weight excluding hydrogens is 937 g/mol. The first kappa shape index (κ1) is 46.1. The lowest BCUT2D eigenvalue weighted by Crippen LogP contribution is -2.74. The zero-order chi connectivity index (χ0) is 50.6. The molecule has 5 aliphatic rings. The number of rotatable bonds is 10. The number of nitrogens with zero attached hydrogens (tertiary/aromatic N) is 4. The minimum Gasteiger partial charge on any atom is -0.309 e. The second kappa shape index (κ2) is 18.0. The first-order chi connectivity index (χ1) is 37.3. The molecule has 8 aromatic carbocycles. The van der Waals surface area contributed by atoms with Crippen LogP contribution in [0.4, 0.5) is 0 Å². The molecule has 5 fully saturated rings. The SMILES string of the molecule is C[C@@H]1C[C@@H]2CC3(c4nc(-c5cc([Si](c6ccccc6)(c6ccccc6)c6ccccc6)ccc5-n5c6ccc(-c7ccccc7)cc6c6cc(-c7ccccc7)ccc65)nc(C5(C)C[C@@H]6CC[C@@H](C6)C5)n4)C[C@H](C1)[C@@H]2C3. The van der Waals surface area contributed by atoms with Crippen molar-refractivity contribution >= 4 is 50.6 Å². The fourth-order valence-corrected chi connectivity index (χ4v) is 21.6. The highest BCUT2D eigenvalue weighted by Gasteiger charge is 2.60. The van der Waals surface area contributed by atoms with Crippen LogP contribution in [0.1, 0.15) is 89.7 Å². The second-order valence-corrected chi connectivity index (χ2v) is 28.4. The third kappa shape index (κ3) is 7.39. The lowest BCUT2D eigenvalue weighted by molar-refractivity contribution is 0.113. The van der Waals surface area contributed by atoms with Crippen molar-refractivity contribution in [2.75, 3.05) is 0 Å². The highest BCUT2D eigenvalue weighted by molar-refractivity contribution is 7.19. The molecule has 0 radical (unpaired) electrons. The van der Waals surface area contributed by atoms with Crippen LogP contribution in [0.3, 0.4) is 0 Å². The minimum atomic E-state index is -3.00. The summed E-state index contributed by atoms with van der Waals surface area (Å²) in [5.74, 6) is 7.56. The Morgan fingerprint density at radius 1 is 0.447 bits per heavy atom. The predicted molar refractivity (Wildman–Crippen MR) is 316 cm³/mol. The van der Waals surface area contributed by atoms with Crippen LogP contribution < -0.4 is 20.7 Å². The van der Waals surface area contributed by atoms with Gasteiger partial charge in [0.05, 0.1) is 16.7 Å². The first-order valence-electron chi connectivity index (χ1n) is 28.6. The summed E-state index contributed by atoms with van der Waals surface area (Å²) in [5, 5.41) is 7.85. The molecule has 0 saturated heterocycles. The van der Waals surface area contributed by atoms with Crippen LogP contribution in [0.5, 0.6) is 0 Å². The lowest BCUT2D eigenvalue weighted by atomic mass is 9.65. The number of aromatic nitrogens is 4. The van der Waals surface area contributed by atoms with Gasteiger partial charge in [0, 0.05) is 27.2 Å². The summed E-state index contributed by atoms with van der Waals surface area (Å²) < 4.78 is 2.56. The van der Waals surface area contributed by atoms with E-state index in [4.69, 9.17) is 15.0 Å². The van der Waals surface area contributed by atoms with E-state index in [1.165, 1.54) is 116 Å². The zero-order valence-electron chi connectivity index (χ0n) is 44.0. The predicted octanol–water partition coefficient (Wildman–Crippen LogP) is 14.5. The van der Waals surface area contributed by atoms with E-state index in [9.17, 15) is 0 Å². The largest absolute Gasteiger partial charge is 0.309 e. The summed E-state index contributed by atoms with van der Waals surface area (Å²) in [6.07, 6.45) is 12.7. The standard InChI is InChI=1S/C71H66N4Si/c1-47-36-54-44-71(45-55(37-47)63(54)46-71)69-73-67(72-68(74-69)70(2)42-48-28-29-49(38-48)43-70)62-41-59(76(56-22-12-5-13-23-56,57-24-14-6-15-25-57)58-26-16-7-17-27-58)32-35-66(62)75-64-33-30-52(50-18-8-3-9-19-50)39-60(64)61-40-53(31-34-65(61)75)51-20-10-4-11-21-51/h3-27,30-35,39-41,47-49,54-55,63H,28-29,36-38,42-46H2,1-2H3/t47-,48-,49+,54-,55+,63-,70?,71?. The minimum absolute atomic E-state index is 0.0144. The number of hydrogen-bond acceptors (Lipinski definition) is 3. The van der Waals surface area contributed by atoms with Gasteiger partial charge in [0.15, 0.2) is 13.9 Å². The van der Waals surface area contributed by atoms with Gasteiger partial charge in [0.1, 0.15) is 11.6 Å². The van der Waals surface area contributed by atoms with Gasteiger partial charge >= 0.3 is 0 Å². The first-order valence-corrected chi connectivity index (χ1v) is 30.6. The van der Waals surface area contributed by atoms with Crippen LogP contribution in [0.25, 0.3) is 61.1 Å². The van der Waals surface area contributed by atoms with E-state index in [-0.39, 0.29) is 10.8 Å². The van der Waals surface area contributed by atoms with Gasteiger partial charge in [-0.2, -0.15) is 0 Å². The Hall–Kier alpha value is -7.21. The molecule has 10 aromatic rings. The highest BCUT2D eigenvalue weighted by atomic mass is 28.3. The smallest absolute Gasteiger partial charge is 0.179 e. The molecule has 2 aromatic heterocycles. The van der Waals surface area contributed by atoms with Crippen LogP contribution in [0.15, 0.2) is 206 Å². The molecule has 374 valence electrons. The molecular formula is C71H66N4Si. The van der Waals surface area contributed by atoms with Crippen LogP contribution in [0, 0.1) is 35.5 Å². The van der Waals surface area contributed by atoms with Gasteiger partial charge in [0.2, 0.25) is 0 Å². The molecule has 0 spiro atoms. The maximum Gasteiger partial charge on any atom is 0.179 e. The van der Waals surface area contributed by atoms with Crippen molar-refractivity contribution < 1.29 is 0 Å². The van der Waals surface area contributed by atoms with Crippen molar-refractivity contribution in [1.82, 2.24) is 19.5 Å². The van der Waals surface area contributed by atoms with E-state index >= 15 is 0 Å². The molecule has 4 bridgehead atoms. The van der Waals surface area contributed by atoms with Crippen LogP contribution in [-0.2, 0) is 10.8 Å². The molecule has 2 unspecified atom stereocenters. The topological polar surface area (TPSA) is 43.6 Å². The average molecular weight is 1000 g/mol. The summed E-state index contributed by atoms with van der Waals surface area (Å²) in [7, 11) is -3.00. The van der Waals surface area contributed by atoms with Crippen LogP contribution >= 0.6 is 0 Å². The van der Waals surface area contributed by atoms with Gasteiger partial charge in [-0.05, 0) is 166 Å². The van der Waals surface area contributed by atoms with Crippen molar-refractivity contribution in [2.45, 2.75) is 88.9 Å². The van der Waals surface area contributed by atoms with Crippen molar-refractivity contribution in [3.63, 3.8) is 0 Å². The van der Waals surface area contributed by atoms with E-state index in [2.05, 4.69) is 225 Å². The van der Waals surface area contributed by atoms with Crippen molar-refractivity contribution in [1.29, 1.82) is 0 Å². The van der Waals surface area contributed by atoms with Crippen molar-refractivity contribution in [3.05, 3.63) is 218 Å². The van der Waals surface area contributed by atoms with E-state index in [0.29, 0.717) is 0 Å². The third-order valence-electron chi connectivity index (χ3n) is 19.8. The molecule has 0 N–H and O–H groups in total. The lowest BCUT2D eigenvalue weighted by Gasteiger charge is -2.41. The molecule has 5 aliphatic carbocycles. The summed E-state index contributed by atoms with van der Waals surface area (Å²) >= 11 is 0.